The van der Waals surface area contributed by atoms with Gasteiger partial charge in [0.05, 0.1) is 4.90 Å². The van der Waals surface area contributed by atoms with Crippen LogP contribution in [-0.2, 0) is 14.8 Å². The van der Waals surface area contributed by atoms with Gasteiger partial charge in [0.1, 0.15) is 5.82 Å². The van der Waals surface area contributed by atoms with Crippen molar-refractivity contribution in [3.8, 4) is 0 Å². The molecule has 1 fully saturated rings. The van der Waals surface area contributed by atoms with Crippen molar-refractivity contribution in [2.24, 2.45) is 0 Å². The van der Waals surface area contributed by atoms with E-state index in [9.17, 15) is 22.4 Å². The number of hydrogen-bond donors (Lipinski definition) is 1. The summed E-state index contributed by atoms with van der Waals surface area (Å²) in [6, 6.07) is 11.2. The molecule has 0 aliphatic carbocycles. The Labute approximate surface area is 163 Å². The van der Waals surface area contributed by atoms with Gasteiger partial charge < -0.3 is 5.32 Å². The summed E-state index contributed by atoms with van der Waals surface area (Å²) in [5.74, 6) is -1.09. The Morgan fingerprint density at radius 3 is 2.36 bits per heavy atom. The number of nitrogens with one attached hydrogen (secondary N) is 1. The lowest BCUT2D eigenvalue weighted by Crippen LogP contribution is -2.27. The Morgan fingerprint density at radius 1 is 1.00 bits per heavy atom. The molecular formula is C20H21FN2O4S. The van der Waals surface area contributed by atoms with Gasteiger partial charge in [-0.05, 0) is 55.3 Å². The molecule has 1 N–H and O–H groups in total. The number of hydrogen-bond acceptors (Lipinski definition) is 4. The van der Waals surface area contributed by atoms with E-state index in [1.54, 1.807) is 12.1 Å². The zero-order valence-electron chi connectivity index (χ0n) is 15.2. The molecule has 1 aliphatic rings. The quantitative estimate of drug-likeness (QED) is 0.719. The lowest BCUT2D eigenvalue weighted by molar-refractivity contribution is -0.116. The molecule has 28 heavy (non-hydrogen) atoms. The largest absolute Gasteiger partial charge is 0.326 e. The second kappa shape index (κ2) is 8.62. The fraction of sp³-hybridized carbons (Fsp3) is 0.300. The predicted octanol–water partition coefficient (Wildman–Crippen LogP) is 3.21. The van der Waals surface area contributed by atoms with Gasteiger partial charge >= 0.3 is 0 Å². The molecule has 8 heteroatoms. The number of carbonyl (C=O) groups is 2. The van der Waals surface area contributed by atoms with Gasteiger partial charge in [-0.3, -0.25) is 9.59 Å². The summed E-state index contributed by atoms with van der Waals surface area (Å²) in [6.45, 7) is 1.01. The summed E-state index contributed by atoms with van der Waals surface area (Å²) in [6.07, 6.45) is 1.61. The lowest BCUT2D eigenvalue weighted by atomic mass is 10.1. The zero-order chi connectivity index (χ0) is 20.1. The van der Waals surface area contributed by atoms with E-state index in [0.29, 0.717) is 24.3 Å². The molecule has 2 aromatic rings. The number of ketones is 1. The Morgan fingerprint density at radius 2 is 1.68 bits per heavy atom. The lowest BCUT2D eigenvalue weighted by Gasteiger charge is -2.16. The summed E-state index contributed by atoms with van der Waals surface area (Å²) in [5, 5.41) is 2.63. The molecule has 0 radical (unpaired) electrons. The van der Waals surface area contributed by atoms with Crippen LogP contribution in [0.1, 0.15) is 36.0 Å². The van der Waals surface area contributed by atoms with Crippen molar-refractivity contribution in [2.75, 3.05) is 18.4 Å². The van der Waals surface area contributed by atoms with Crippen LogP contribution in [0.25, 0.3) is 0 Å². The number of rotatable bonds is 7. The Hall–Kier alpha value is -2.58. The fourth-order valence-electron chi connectivity index (χ4n) is 3.04. The molecule has 1 saturated heterocycles. The monoisotopic (exact) mass is 404 g/mol. The van der Waals surface area contributed by atoms with Gasteiger partial charge in [-0.1, -0.05) is 6.07 Å². The molecule has 2 aromatic carbocycles. The van der Waals surface area contributed by atoms with Crippen LogP contribution in [0.4, 0.5) is 10.1 Å². The summed E-state index contributed by atoms with van der Waals surface area (Å²) < 4.78 is 39.6. The molecule has 1 heterocycles. The number of halogens is 1. The first kappa shape index (κ1) is 20.2. The van der Waals surface area contributed by atoms with Gasteiger partial charge in [0.15, 0.2) is 5.78 Å². The highest BCUT2D eigenvalue weighted by Crippen LogP contribution is 2.23. The smallest absolute Gasteiger partial charge is 0.243 e. The van der Waals surface area contributed by atoms with Gasteiger partial charge in [-0.15, -0.1) is 0 Å². The molecule has 1 amide bonds. The van der Waals surface area contributed by atoms with E-state index in [1.165, 1.54) is 40.7 Å². The van der Waals surface area contributed by atoms with Crippen LogP contribution in [0.5, 0.6) is 0 Å². The molecule has 6 nitrogen and oxygen atoms in total. The third kappa shape index (κ3) is 4.82. The first-order valence-corrected chi connectivity index (χ1v) is 10.5. The van der Waals surface area contributed by atoms with Gasteiger partial charge in [0.2, 0.25) is 15.9 Å². The van der Waals surface area contributed by atoms with Crippen molar-refractivity contribution in [1.29, 1.82) is 0 Å². The number of anilines is 1. The number of benzene rings is 2. The molecule has 0 unspecified atom stereocenters. The van der Waals surface area contributed by atoms with Crippen LogP contribution in [0.3, 0.4) is 0 Å². The number of sulfonamides is 1. The Bertz CT molecular complexity index is 968. The molecule has 148 valence electrons. The summed E-state index contributed by atoms with van der Waals surface area (Å²) in [7, 11) is -3.56. The van der Waals surface area contributed by atoms with Crippen molar-refractivity contribution in [3.63, 3.8) is 0 Å². The maximum atomic E-state index is 12.9. The summed E-state index contributed by atoms with van der Waals surface area (Å²) in [4.78, 5) is 24.3. The van der Waals surface area contributed by atoms with Crippen LogP contribution >= 0.6 is 0 Å². The van der Waals surface area contributed by atoms with Gasteiger partial charge in [-0.2, -0.15) is 4.31 Å². The number of Topliss-reactive ketones (excluding diaryl/α,β-unsaturated/α-hetero) is 1. The third-order valence-corrected chi connectivity index (χ3v) is 6.46. The minimum Gasteiger partial charge on any atom is -0.326 e. The Kier molecular flexibility index (Phi) is 6.21. The second-order valence-corrected chi connectivity index (χ2v) is 8.56. The van der Waals surface area contributed by atoms with Crippen molar-refractivity contribution in [2.45, 2.75) is 30.6 Å². The average Bonchev–Trinajstić information content (AvgIpc) is 3.22. The van der Waals surface area contributed by atoms with Crippen molar-refractivity contribution in [3.05, 3.63) is 59.9 Å². The molecule has 3 rings (SSSR count). The topological polar surface area (TPSA) is 83.5 Å². The fourth-order valence-corrected chi connectivity index (χ4v) is 4.61. The first-order valence-electron chi connectivity index (χ1n) is 9.05. The van der Waals surface area contributed by atoms with Gasteiger partial charge in [-0.25, -0.2) is 12.8 Å². The first-order chi connectivity index (χ1) is 13.4. The summed E-state index contributed by atoms with van der Waals surface area (Å²) >= 11 is 0. The highest BCUT2D eigenvalue weighted by molar-refractivity contribution is 7.89. The Balaban J connectivity index is 1.60. The van der Waals surface area contributed by atoms with Crippen LogP contribution in [-0.4, -0.2) is 37.5 Å². The van der Waals surface area contributed by atoms with Crippen molar-refractivity contribution < 1.29 is 22.4 Å². The molecular weight excluding hydrogens is 383 g/mol. The van der Waals surface area contributed by atoms with E-state index < -0.39 is 21.7 Å². The molecule has 0 atom stereocenters. The summed E-state index contributed by atoms with van der Waals surface area (Å²) in [5.41, 5.74) is 0.701. The number of amides is 1. The van der Waals surface area contributed by atoms with E-state index in [2.05, 4.69) is 5.32 Å². The van der Waals surface area contributed by atoms with E-state index in [1.807, 2.05) is 0 Å². The normalized spacial score (nSPS) is 14.8. The minimum atomic E-state index is -3.56. The van der Waals surface area contributed by atoms with E-state index >= 15 is 0 Å². The highest BCUT2D eigenvalue weighted by Gasteiger charge is 2.27. The standard InChI is InChI=1S/C20H21FN2O4S/c21-16-8-6-15(7-9-16)19(24)10-11-20(25)22-17-4-3-5-18(14-17)28(26,27)23-12-1-2-13-23/h3-9,14H,1-2,10-13H2,(H,22,25). The average molecular weight is 404 g/mol. The van der Waals surface area contributed by atoms with E-state index in [4.69, 9.17) is 0 Å². The van der Waals surface area contributed by atoms with Crippen LogP contribution in [0, 0.1) is 5.82 Å². The zero-order valence-corrected chi connectivity index (χ0v) is 16.0. The second-order valence-electron chi connectivity index (χ2n) is 6.62. The highest BCUT2D eigenvalue weighted by atomic mass is 32.2. The molecule has 0 spiro atoms. The van der Waals surface area contributed by atoms with Crippen LogP contribution in [0.15, 0.2) is 53.4 Å². The van der Waals surface area contributed by atoms with E-state index in [0.717, 1.165) is 12.8 Å². The van der Waals surface area contributed by atoms with Crippen molar-refractivity contribution >= 4 is 27.4 Å². The molecule has 0 aromatic heterocycles. The SMILES string of the molecule is O=C(CCC(=O)c1ccc(F)cc1)Nc1cccc(S(=O)(=O)N2CCCC2)c1. The molecule has 0 bridgehead atoms. The maximum absolute atomic E-state index is 12.9. The van der Waals surface area contributed by atoms with E-state index in [-0.39, 0.29) is 23.5 Å². The number of carbonyl (C=O) groups excluding carboxylic acids is 2. The van der Waals surface area contributed by atoms with Crippen molar-refractivity contribution in [1.82, 2.24) is 4.31 Å². The molecule has 1 aliphatic heterocycles. The van der Waals surface area contributed by atoms with Crippen LogP contribution in [0.2, 0.25) is 0 Å². The number of nitrogens with zero attached hydrogens (tertiary/aromatic N) is 1. The molecule has 0 saturated carbocycles. The minimum absolute atomic E-state index is 0.0246. The van der Waals surface area contributed by atoms with Gasteiger partial charge in [0, 0.05) is 37.2 Å². The predicted molar refractivity (Wildman–Crippen MR) is 103 cm³/mol. The van der Waals surface area contributed by atoms with Gasteiger partial charge in [0.25, 0.3) is 0 Å². The van der Waals surface area contributed by atoms with Crippen LogP contribution < -0.4 is 5.32 Å². The maximum Gasteiger partial charge on any atom is 0.243 e. The third-order valence-electron chi connectivity index (χ3n) is 4.57.